The normalized spacial score (nSPS) is 20.8. The van der Waals surface area contributed by atoms with E-state index < -0.39 is 23.8 Å². The highest BCUT2D eigenvalue weighted by Gasteiger charge is 2.39. The van der Waals surface area contributed by atoms with Gasteiger partial charge in [0.15, 0.2) is 0 Å². The standard InChI is InChI=1S/C10H12N4O3/c1-5-8(15)11-10(17)14(9(5)16)7-4-13(3)12-6(7)2/h4-5H,1-3H3,(H,11,15,17). The fourth-order valence-electron chi connectivity index (χ4n) is 1.71. The van der Waals surface area contributed by atoms with Gasteiger partial charge in [0.05, 0.1) is 11.4 Å². The second kappa shape index (κ2) is 3.69. The summed E-state index contributed by atoms with van der Waals surface area (Å²) in [5.74, 6) is -1.97. The van der Waals surface area contributed by atoms with Gasteiger partial charge in [0.2, 0.25) is 11.8 Å². The molecule has 90 valence electrons. The van der Waals surface area contributed by atoms with Crippen LogP contribution in [0.4, 0.5) is 10.5 Å². The molecule has 1 aromatic heterocycles. The third-order valence-electron chi connectivity index (χ3n) is 2.65. The zero-order chi connectivity index (χ0) is 12.7. The van der Waals surface area contributed by atoms with Gasteiger partial charge in [-0.05, 0) is 13.8 Å². The molecule has 17 heavy (non-hydrogen) atoms. The van der Waals surface area contributed by atoms with E-state index in [0.717, 1.165) is 4.90 Å². The monoisotopic (exact) mass is 236 g/mol. The first-order valence-corrected chi connectivity index (χ1v) is 5.11. The molecule has 1 N–H and O–H groups in total. The second-order valence-electron chi connectivity index (χ2n) is 3.96. The SMILES string of the molecule is Cc1nn(C)cc1N1C(=O)NC(=O)C(C)C1=O. The number of carbonyl (C=O) groups excluding carboxylic acids is 3. The Balaban J connectivity index is 2.44. The quantitative estimate of drug-likeness (QED) is 0.693. The van der Waals surface area contributed by atoms with Crippen LogP contribution < -0.4 is 10.2 Å². The maximum absolute atomic E-state index is 11.9. The Morgan fingerprint density at radius 2 is 2.00 bits per heavy atom. The van der Waals surface area contributed by atoms with Crippen LogP contribution in [0.1, 0.15) is 12.6 Å². The van der Waals surface area contributed by atoms with Gasteiger partial charge in [0, 0.05) is 13.2 Å². The number of barbiturate groups is 1. The highest BCUT2D eigenvalue weighted by atomic mass is 16.2. The van der Waals surface area contributed by atoms with Gasteiger partial charge in [0.1, 0.15) is 5.92 Å². The molecule has 1 unspecified atom stereocenters. The number of anilines is 1. The van der Waals surface area contributed by atoms with Crippen LogP contribution in [0.5, 0.6) is 0 Å². The minimum Gasteiger partial charge on any atom is -0.277 e. The molecule has 1 aliphatic rings. The van der Waals surface area contributed by atoms with Gasteiger partial charge in [0.25, 0.3) is 0 Å². The number of carbonyl (C=O) groups is 3. The number of nitrogens with one attached hydrogen (secondary N) is 1. The summed E-state index contributed by atoms with van der Waals surface area (Å²) in [7, 11) is 1.69. The molecule has 0 aliphatic carbocycles. The zero-order valence-electron chi connectivity index (χ0n) is 9.72. The van der Waals surface area contributed by atoms with Crippen molar-refractivity contribution in [1.82, 2.24) is 15.1 Å². The molecule has 2 heterocycles. The molecule has 4 amide bonds. The lowest BCUT2D eigenvalue weighted by molar-refractivity contribution is -0.133. The molecule has 0 aromatic carbocycles. The molecule has 1 fully saturated rings. The number of rotatable bonds is 1. The van der Waals surface area contributed by atoms with Gasteiger partial charge >= 0.3 is 6.03 Å². The van der Waals surface area contributed by atoms with Gasteiger partial charge < -0.3 is 0 Å². The predicted octanol–water partition coefficient (Wildman–Crippen LogP) is -0.0526. The fourth-order valence-corrected chi connectivity index (χ4v) is 1.71. The number of imide groups is 2. The van der Waals surface area contributed by atoms with Crippen molar-refractivity contribution < 1.29 is 14.4 Å². The van der Waals surface area contributed by atoms with E-state index in [9.17, 15) is 14.4 Å². The number of aromatic nitrogens is 2. The second-order valence-corrected chi connectivity index (χ2v) is 3.96. The lowest BCUT2D eigenvalue weighted by atomic mass is 10.1. The van der Waals surface area contributed by atoms with Crippen molar-refractivity contribution in [2.45, 2.75) is 13.8 Å². The maximum atomic E-state index is 11.9. The molecule has 0 spiro atoms. The molecule has 0 bridgehead atoms. The average Bonchev–Trinajstić information content (AvgIpc) is 2.55. The van der Waals surface area contributed by atoms with Crippen LogP contribution in [0.3, 0.4) is 0 Å². The van der Waals surface area contributed by atoms with Crippen molar-refractivity contribution >= 4 is 23.5 Å². The summed E-state index contributed by atoms with van der Waals surface area (Å²) in [4.78, 5) is 35.8. The first-order valence-electron chi connectivity index (χ1n) is 5.11. The van der Waals surface area contributed by atoms with Gasteiger partial charge in [-0.15, -0.1) is 0 Å². The van der Waals surface area contributed by atoms with E-state index in [4.69, 9.17) is 0 Å². The minimum absolute atomic E-state index is 0.398. The molecule has 7 heteroatoms. The summed E-state index contributed by atoms with van der Waals surface area (Å²) < 4.78 is 1.51. The van der Waals surface area contributed by atoms with Crippen molar-refractivity contribution in [2.24, 2.45) is 13.0 Å². The van der Waals surface area contributed by atoms with Gasteiger partial charge in [-0.3, -0.25) is 19.6 Å². The largest absolute Gasteiger partial charge is 0.335 e. The van der Waals surface area contributed by atoms with Crippen LogP contribution in [0, 0.1) is 12.8 Å². The van der Waals surface area contributed by atoms with Gasteiger partial charge in [-0.2, -0.15) is 5.10 Å². The van der Waals surface area contributed by atoms with Crippen molar-refractivity contribution in [3.05, 3.63) is 11.9 Å². The molecule has 0 radical (unpaired) electrons. The van der Waals surface area contributed by atoms with Crippen molar-refractivity contribution in [1.29, 1.82) is 0 Å². The van der Waals surface area contributed by atoms with Crippen LogP contribution in [0.15, 0.2) is 6.20 Å². The fraction of sp³-hybridized carbons (Fsp3) is 0.400. The third-order valence-corrected chi connectivity index (χ3v) is 2.65. The number of hydrogen-bond donors (Lipinski definition) is 1. The zero-order valence-corrected chi connectivity index (χ0v) is 9.72. The van der Waals surface area contributed by atoms with Gasteiger partial charge in [-0.1, -0.05) is 0 Å². The van der Waals surface area contributed by atoms with E-state index in [1.165, 1.54) is 11.6 Å². The van der Waals surface area contributed by atoms with E-state index in [0.29, 0.717) is 11.4 Å². The van der Waals surface area contributed by atoms with Crippen LogP contribution in [0.25, 0.3) is 0 Å². The number of aryl methyl sites for hydroxylation is 2. The van der Waals surface area contributed by atoms with Gasteiger partial charge in [-0.25, -0.2) is 9.69 Å². The Hall–Kier alpha value is -2.18. The molecule has 2 rings (SSSR count). The first-order chi connectivity index (χ1) is 7.91. The smallest absolute Gasteiger partial charge is 0.277 e. The Bertz CT molecular complexity index is 520. The highest BCUT2D eigenvalue weighted by Crippen LogP contribution is 2.22. The van der Waals surface area contributed by atoms with E-state index in [1.807, 2.05) is 0 Å². The van der Waals surface area contributed by atoms with E-state index in [2.05, 4.69) is 10.4 Å². The Morgan fingerprint density at radius 1 is 1.35 bits per heavy atom. The Morgan fingerprint density at radius 3 is 2.53 bits per heavy atom. The van der Waals surface area contributed by atoms with E-state index in [-0.39, 0.29) is 0 Å². The van der Waals surface area contributed by atoms with Crippen molar-refractivity contribution in [3.8, 4) is 0 Å². The molecule has 1 aromatic rings. The predicted molar refractivity (Wildman–Crippen MR) is 58.1 cm³/mol. The summed E-state index contributed by atoms with van der Waals surface area (Å²) >= 11 is 0. The van der Waals surface area contributed by atoms with Crippen molar-refractivity contribution in [2.75, 3.05) is 4.90 Å². The Labute approximate surface area is 97.4 Å². The van der Waals surface area contributed by atoms with Crippen LogP contribution in [-0.2, 0) is 16.6 Å². The highest BCUT2D eigenvalue weighted by molar-refractivity contribution is 6.27. The topological polar surface area (TPSA) is 84.3 Å². The lowest BCUT2D eigenvalue weighted by Crippen LogP contribution is -2.57. The third kappa shape index (κ3) is 1.69. The molecular weight excluding hydrogens is 224 g/mol. The summed E-state index contributed by atoms with van der Waals surface area (Å²) in [5.41, 5.74) is 0.951. The van der Waals surface area contributed by atoms with Crippen LogP contribution in [-0.4, -0.2) is 27.6 Å². The molecule has 7 nitrogen and oxygen atoms in total. The Kier molecular flexibility index (Phi) is 2.45. The first kappa shape index (κ1) is 11.3. The molecule has 1 atom stereocenters. The summed E-state index contributed by atoms with van der Waals surface area (Å²) in [6.45, 7) is 3.15. The van der Waals surface area contributed by atoms with Crippen molar-refractivity contribution in [3.63, 3.8) is 0 Å². The number of hydrogen-bond acceptors (Lipinski definition) is 4. The molecule has 0 saturated carbocycles. The number of amides is 4. The summed E-state index contributed by atoms with van der Waals surface area (Å²) in [5, 5.41) is 6.19. The number of nitrogens with zero attached hydrogens (tertiary/aromatic N) is 3. The lowest BCUT2D eigenvalue weighted by Gasteiger charge is -2.27. The van der Waals surface area contributed by atoms with E-state index in [1.54, 1.807) is 20.2 Å². The summed E-state index contributed by atoms with van der Waals surface area (Å²) in [6, 6.07) is -0.728. The van der Waals surface area contributed by atoms with Crippen LogP contribution in [0.2, 0.25) is 0 Å². The average molecular weight is 236 g/mol. The molecule has 1 aliphatic heterocycles. The van der Waals surface area contributed by atoms with Crippen LogP contribution >= 0.6 is 0 Å². The maximum Gasteiger partial charge on any atom is 0.335 e. The van der Waals surface area contributed by atoms with E-state index >= 15 is 0 Å². The molecular formula is C10H12N4O3. The summed E-state index contributed by atoms with van der Waals surface area (Å²) in [6.07, 6.45) is 1.56. The number of urea groups is 1. The molecule has 1 saturated heterocycles. The minimum atomic E-state index is -0.868.